The Balaban J connectivity index is 0.00000361. The molecule has 1 rings (SSSR count). The summed E-state index contributed by atoms with van der Waals surface area (Å²) in [5.41, 5.74) is 11.0. The molecule has 0 aliphatic heterocycles. The van der Waals surface area contributed by atoms with Crippen LogP contribution in [0.3, 0.4) is 0 Å². The van der Waals surface area contributed by atoms with Gasteiger partial charge < -0.3 is 16.4 Å². The molecule has 0 saturated heterocycles. The Hall–Kier alpha value is -1.18. The summed E-state index contributed by atoms with van der Waals surface area (Å²) in [5, 5.41) is 2.52. The molecule has 20 heavy (non-hydrogen) atoms. The molecule has 0 bridgehead atoms. The number of halogens is 1. The average Bonchev–Trinajstić information content (AvgIpc) is 2.75. The molecule has 0 atom stereocenters. The lowest BCUT2D eigenvalue weighted by Crippen LogP contribution is -2.40. The average molecular weight is 321 g/mol. The summed E-state index contributed by atoms with van der Waals surface area (Å²) in [6.45, 7) is 4.84. The first-order valence-electron chi connectivity index (χ1n) is 6.16. The topological polar surface area (TPSA) is 102 Å². The summed E-state index contributed by atoms with van der Waals surface area (Å²) in [5.74, 6) is -0.524. The highest BCUT2D eigenvalue weighted by molar-refractivity contribution is 7.09. The number of nitrogens with two attached hydrogens (primary N) is 2. The molecule has 0 unspecified atom stereocenters. The molecule has 1 heterocycles. The van der Waals surface area contributed by atoms with Gasteiger partial charge in [0.15, 0.2) is 0 Å². The molecule has 6 nitrogen and oxygen atoms in total. The maximum absolute atomic E-state index is 12.3. The summed E-state index contributed by atoms with van der Waals surface area (Å²) in [7, 11) is 0. The molecule has 0 aliphatic rings. The first-order chi connectivity index (χ1) is 8.93. The van der Waals surface area contributed by atoms with Crippen LogP contribution in [0.2, 0.25) is 0 Å². The van der Waals surface area contributed by atoms with E-state index in [-0.39, 0.29) is 30.8 Å². The molecule has 0 aromatic carbocycles. The summed E-state index contributed by atoms with van der Waals surface area (Å²) >= 11 is 1.40. The zero-order valence-electron chi connectivity index (χ0n) is 11.7. The van der Waals surface area contributed by atoms with E-state index in [9.17, 15) is 9.59 Å². The van der Waals surface area contributed by atoms with Crippen LogP contribution in [0.1, 0.15) is 29.3 Å². The van der Waals surface area contributed by atoms with Gasteiger partial charge in [-0.25, -0.2) is 4.98 Å². The number of nitrogens with zero attached hydrogens (tertiary/aromatic N) is 2. The van der Waals surface area contributed by atoms with Crippen LogP contribution >= 0.6 is 23.7 Å². The van der Waals surface area contributed by atoms with Crippen molar-refractivity contribution in [2.45, 2.75) is 20.3 Å². The number of rotatable bonds is 7. The van der Waals surface area contributed by atoms with Crippen LogP contribution in [0.4, 0.5) is 0 Å². The monoisotopic (exact) mass is 320 g/mol. The van der Waals surface area contributed by atoms with Crippen molar-refractivity contribution in [3.05, 3.63) is 16.1 Å². The number of hydrogen-bond acceptors (Lipinski definition) is 5. The smallest absolute Gasteiger partial charge is 0.273 e. The molecule has 0 fully saturated rings. The highest BCUT2D eigenvalue weighted by Gasteiger charge is 2.21. The van der Waals surface area contributed by atoms with Gasteiger partial charge in [0.25, 0.3) is 5.91 Å². The van der Waals surface area contributed by atoms with Crippen LogP contribution in [-0.4, -0.2) is 41.3 Å². The van der Waals surface area contributed by atoms with Gasteiger partial charge >= 0.3 is 0 Å². The minimum atomic E-state index is -0.522. The predicted molar refractivity (Wildman–Crippen MR) is 82.1 cm³/mol. The third-order valence-electron chi connectivity index (χ3n) is 2.35. The van der Waals surface area contributed by atoms with Crippen molar-refractivity contribution in [2.24, 2.45) is 17.4 Å². The molecular weight excluding hydrogens is 300 g/mol. The van der Waals surface area contributed by atoms with E-state index in [1.165, 1.54) is 16.2 Å². The Kier molecular flexibility index (Phi) is 8.36. The summed E-state index contributed by atoms with van der Waals surface area (Å²) < 4.78 is 0. The number of amides is 2. The van der Waals surface area contributed by atoms with Crippen molar-refractivity contribution in [1.29, 1.82) is 0 Å². The van der Waals surface area contributed by atoms with Crippen molar-refractivity contribution in [3.63, 3.8) is 0 Å². The second kappa shape index (κ2) is 8.89. The van der Waals surface area contributed by atoms with E-state index in [1.807, 2.05) is 13.8 Å². The first kappa shape index (κ1) is 18.8. The molecule has 4 N–H and O–H groups in total. The van der Waals surface area contributed by atoms with Gasteiger partial charge in [-0.3, -0.25) is 9.59 Å². The van der Waals surface area contributed by atoms with Crippen LogP contribution < -0.4 is 11.5 Å². The number of carbonyl (C=O) groups is 2. The third kappa shape index (κ3) is 5.85. The Morgan fingerprint density at radius 1 is 1.45 bits per heavy atom. The van der Waals surface area contributed by atoms with Crippen molar-refractivity contribution in [2.75, 3.05) is 19.6 Å². The second-order valence-electron chi connectivity index (χ2n) is 4.71. The maximum Gasteiger partial charge on any atom is 0.273 e. The lowest BCUT2D eigenvalue weighted by Gasteiger charge is -2.22. The number of carbonyl (C=O) groups excluding carboxylic acids is 2. The van der Waals surface area contributed by atoms with E-state index in [4.69, 9.17) is 11.5 Å². The van der Waals surface area contributed by atoms with Crippen molar-refractivity contribution < 1.29 is 9.59 Å². The highest BCUT2D eigenvalue weighted by atomic mass is 35.5. The zero-order valence-corrected chi connectivity index (χ0v) is 13.3. The predicted octanol–water partition coefficient (Wildman–Crippen LogP) is 0.650. The van der Waals surface area contributed by atoms with E-state index >= 15 is 0 Å². The molecule has 0 saturated carbocycles. The molecule has 0 aliphatic carbocycles. The Labute approximate surface area is 128 Å². The third-order valence-corrected chi connectivity index (χ3v) is 3.26. The standard InChI is InChI=1S/C12H20N4O2S.ClH/c1-8(2)5-16(6-10(14)17)12(18)9-7-19-11(15-9)3-4-13;/h7-8H,3-6,13H2,1-2H3,(H2,14,17);1H. The summed E-state index contributed by atoms with van der Waals surface area (Å²) in [6.07, 6.45) is 0.651. The lowest BCUT2D eigenvalue weighted by molar-refractivity contribution is -0.118. The quantitative estimate of drug-likeness (QED) is 0.770. The number of primary amides is 1. The molecule has 2 amide bonds. The van der Waals surface area contributed by atoms with Crippen LogP contribution in [-0.2, 0) is 11.2 Å². The maximum atomic E-state index is 12.3. The fourth-order valence-electron chi connectivity index (χ4n) is 1.66. The highest BCUT2D eigenvalue weighted by Crippen LogP contribution is 2.13. The molecule has 0 radical (unpaired) electrons. The molecule has 0 spiro atoms. The van der Waals surface area contributed by atoms with E-state index in [0.717, 1.165) is 5.01 Å². The van der Waals surface area contributed by atoms with Gasteiger partial charge in [-0.15, -0.1) is 23.7 Å². The minimum absolute atomic E-state index is 0. The van der Waals surface area contributed by atoms with Gasteiger partial charge in [0, 0.05) is 18.3 Å². The first-order valence-corrected chi connectivity index (χ1v) is 7.04. The molecule has 8 heteroatoms. The van der Waals surface area contributed by atoms with Crippen LogP contribution in [0, 0.1) is 5.92 Å². The number of hydrogen-bond donors (Lipinski definition) is 2. The Bertz CT molecular complexity index is 450. The minimum Gasteiger partial charge on any atom is -0.368 e. The van der Waals surface area contributed by atoms with Crippen molar-refractivity contribution in [1.82, 2.24) is 9.88 Å². The molecule has 1 aromatic heterocycles. The van der Waals surface area contributed by atoms with Gasteiger partial charge in [0.2, 0.25) is 5.91 Å². The summed E-state index contributed by atoms with van der Waals surface area (Å²) in [4.78, 5) is 29.0. The van der Waals surface area contributed by atoms with Crippen LogP contribution in [0.25, 0.3) is 0 Å². The van der Waals surface area contributed by atoms with Gasteiger partial charge in [-0.2, -0.15) is 0 Å². The number of thiazole rings is 1. The molecule has 114 valence electrons. The van der Waals surface area contributed by atoms with Gasteiger partial charge in [0.05, 0.1) is 11.6 Å². The molecular formula is C12H21ClN4O2S. The number of aromatic nitrogens is 1. The van der Waals surface area contributed by atoms with E-state index < -0.39 is 5.91 Å². The molecule has 1 aromatic rings. The summed E-state index contributed by atoms with van der Waals surface area (Å²) in [6, 6.07) is 0. The Morgan fingerprint density at radius 3 is 2.60 bits per heavy atom. The van der Waals surface area contributed by atoms with Crippen LogP contribution in [0.5, 0.6) is 0 Å². The van der Waals surface area contributed by atoms with Crippen LogP contribution in [0.15, 0.2) is 5.38 Å². The largest absolute Gasteiger partial charge is 0.368 e. The van der Waals surface area contributed by atoms with Crippen molar-refractivity contribution in [3.8, 4) is 0 Å². The second-order valence-corrected chi connectivity index (χ2v) is 5.65. The Morgan fingerprint density at radius 2 is 2.10 bits per heavy atom. The van der Waals surface area contributed by atoms with Gasteiger partial charge in [-0.1, -0.05) is 13.8 Å². The van der Waals surface area contributed by atoms with Gasteiger partial charge in [0.1, 0.15) is 5.69 Å². The van der Waals surface area contributed by atoms with E-state index in [2.05, 4.69) is 4.98 Å². The SMILES string of the molecule is CC(C)CN(CC(N)=O)C(=O)c1csc(CCN)n1.Cl. The van der Waals surface area contributed by atoms with Gasteiger partial charge in [-0.05, 0) is 12.5 Å². The lowest BCUT2D eigenvalue weighted by atomic mass is 10.2. The van der Waals surface area contributed by atoms with E-state index in [0.29, 0.717) is 25.2 Å². The zero-order chi connectivity index (χ0) is 14.4. The normalized spacial score (nSPS) is 10.2. The fourth-order valence-corrected chi connectivity index (χ4v) is 2.45. The fraction of sp³-hybridized carbons (Fsp3) is 0.583. The van der Waals surface area contributed by atoms with E-state index in [1.54, 1.807) is 5.38 Å². The van der Waals surface area contributed by atoms with Crippen molar-refractivity contribution >= 4 is 35.6 Å².